The van der Waals surface area contributed by atoms with E-state index in [-0.39, 0.29) is 22.7 Å². The van der Waals surface area contributed by atoms with Gasteiger partial charge in [0, 0.05) is 56.4 Å². The Kier molecular flexibility index (Phi) is 8.16. The lowest BCUT2D eigenvalue weighted by Crippen LogP contribution is -2.49. The van der Waals surface area contributed by atoms with Crippen molar-refractivity contribution in [3.63, 3.8) is 0 Å². The Morgan fingerprint density at radius 2 is 1.50 bits per heavy atom. The molecule has 2 amide bonds. The third-order valence-electron chi connectivity index (χ3n) is 7.35. The number of halogens is 2. The summed E-state index contributed by atoms with van der Waals surface area (Å²) in [5.41, 5.74) is 1.93. The number of hydrogen-bond acceptors (Lipinski definition) is 6. The Morgan fingerprint density at radius 1 is 0.825 bits per heavy atom. The highest BCUT2D eigenvalue weighted by molar-refractivity contribution is 6.31. The molecule has 9 nitrogen and oxygen atoms in total. The van der Waals surface area contributed by atoms with Crippen molar-refractivity contribution >= 4 is 46.2 Å². The summed E-state index contributed by atoms with van der Waals surface area (Å²) >= 11 is 6.30. The van der Waals surface area contributed by atoms with Gasteiger partial charge >= 0.3 is 0 Å². The zero-order valence-corrected chi connectivity index (χ0v) is 22.6. The minimum atomic E-state index is -0.553. The highest BCUT2D eigenvalue weighted by Crippen LogP contribution is 2.33. The molecular formula is C29H29ClFN5O4. The number of amides is 2. The van der Waals surface area contributed by atoms with E-state index in [0.717, 1.165) is 32.4 Å². The molecule has 0 atom stereocenters. The molecule has 0 bridgehead atoms. The van der Waals surface area contributed by atoms with Crippen LogP contribution in [0.5, 0.6) is 0 Å². The minimum absolute atomic E-state index is 0.0388. The van der Waals surface area contributed by atoms with Gasteiger partial charge in [-0.3, -0.25) is 19.7 Å². The number of carbonyl (C=O) groups is 2. The van der Waals surface area contributed by atoms with Crippen molar-refractivity contribution in [1.29, 1.82) is 0 Å². The Bertz CT molecular complexity index is 1440. The Balaban J connectivity index is 1.36. The average molecular weight is 566 g/mol. The van der Waals surface area contributed by atoms with Gasteiger partial charge in [0.05, 0.1) is 33.1 Å². The van der Waals surface area contributed by atoms with Crippen LogP contribution in [0, 0.1) is 15.9 Å². The number of nitrogens with zero attached hydrogens (tertiary/aromatic N) is 4. The number of hydrogen-bond donors (Lipinski definition) is 1. The molecule has 0 aliphatic carbocycles. The van der Waals surface area contributed by atoms with Crippen LogP contribution < -0.4 is 15.1 Å². The van der Waals surface area contributed by atoms with Crippen LogP contribution in [0.15, 0.2) is 60.7 Å². The van der Waals surface area contributed by atoms with E-state index in [4.69, 9.17) is 11.6 Å². The number of non-ortho nitro benzene ring substituents is 1. The molecule has 2 heterocycles. The van der Waals surface area contributed by atoms with Crippen LogP contribution in [0.25, 0.3) is 0 Å². The van der Waals surface area contributed by atoms with E-state index in [0.29, 0.717) is 48.3 Å². The summed E-state index contributed by atoms with van der Waals surface area (Å²) in [7, 11) is 0. The lowest BCUT2D eigenvalue weighted by atomic mass is 10.1. The molecule has 0 saturated carbocycles. The minimum Gasteiger partial charge on any atom is -0.371 e. The Hall–Kier alpha value is -4.18. The second-order valence-corrected chi connectivity index (χ2v) is 10.3. The summed E-state index contributed by atoms with van der Waals surface area (Å²) in [5, 5.41) is 14.9. The zero-order chi connectivity index (χ0) is 28.2. The van der Waals surface area contributed by atoms with Gasteiger partial charge in [-0.25, -0.2) is 4.39 Å². The summed E-state index contributed by atoms with van der Waals surface area (Å²) < 4.78 is 14.2. The first-order valence-corrected chi connectivity index (χ1v) is 13.6. The van der Waals surface area contributed by atoms with E-state index in [9.17, 15) is 24.1 Å². The number of nitro groups is 1. The van der Waals surface area contributed by atoms with Crippen LogP contribution in [0.3, 0.4) is 0 Å². The van der Waals surface area contributed by atoms with Gasteiger partial charge in [-0.2, -0.15) is 0 Å². The molecule has 208 valence electrons. The Morgan fingerprint density at radius 3 is 2.20 bits per heavy atom. The van der Waals surface area contributed by atoms with Crippen molar-refractivity contribution in [2.75, 3.05) is 54.4 Å². The smallest absolute Gasteiger partial charge is 0.270 e. The fraction of sp³-hybridized carbons (Fsp3) is 0.310. The standard InChI is InChI=1S/C29H29ClFN5O4/c30-20-8-10-27(34-14-16-35(17-15-34)29(38)22-6-2-3-7-24(22)31)25(18-20)32-28(37)23-19-21(36(39)40)9-11-26(23)33-12-4-1-5-13-33/h2-3,6-11,18-19H,1,4-5,12-17H2,(H,32,37). The number of carbonyl (C=O) groups excluding carboxylic acids is 2. The number of nitrogens with one attached hydrogen (secondary N) is 1. The SMILES string of the molecule is O=C(Nc1cc(Cl)ccc1N1CCN(C(=O)c2ccccc2F)CC1)c1cc([N+](=O)[O-])ccc1N1CCCCC1. The zero-order valence-electron chi connectivity index (χ0n) is 21.8. The molecular weight excluding hydrogens is 537 g/mol. The number of nitro benzene ring substituents is 1. The molecule has 5 rings (SSSR count). The summed E-state index contributed by atoms with van der Waals surface area (Å²) in [6.07, 6.45) is 3.08. The van der Waals surface area contributed by atoms with Crippen LogP contribution in [-0.2, 0) is 0 Å². The summed E-state index contributed by atoms with van der Waals surface area (Å²) in [4.78, 5) is 43.2. The van der Waals surface area contributed by atoms with Crippen molar-refractivity contribution in [2.45, 2.75) is 19.3 Å². The average Bonchev–Trinajstić information content (AvgIpc) is 2.97. The third kappa shape index (κ3) is 5.86. The van der Waals surface area contributed by atoms with Crippen molar-refractivity contribution in [2.24, 2.45) is 0 Å². The highest BCUT2D eigenvalue weighted by Gasteiger charge is 2.27. The maximum atomic E-state index is 14.2. The molecule has 3 aromatic rings. The molecule has 2 fully saturated rings. The van der Waals surface area contributed by atoms with Gasteiger partial charge in [0.15, 0.2) is 0 Å². The predicted octanol–water partition coefficient (Wildman–Crippen LogP) is 5.59. The predicted molar refractivity (Wildman–Crippen MR) is 153 cm³/mol. The number of piperidine rings is 1. The monoisotopic (exact) mass is 565 g/mol. The molecule has 2 aliphatic rings. The van der Waals surface area contributed by atoms with E-state index >= 15 is 0 Å². The van der Waals surface area contributed by atoms with Crippen LogP contribution in [0.4, 0.5) is 27.1 Å². The van der Waals surface area contributed by atoms with Gasteiger partial charge in [-0.05, 0) is 55.7 Å². The normalized spacial score (nSPS) is 15.6. The molecule has 3 aromatic carbocycles. The van der Waals surface area contributed by atoms with Gasteiger partial charge in [-0.1, -0.05) is 23.7 Å². The first-order valence-electron chi connectivity index (χ1n) is 13.2. The quantitative estimate of drug-likeness (QED) is 0.309. The van der Waals surface area contributed by atoms with Crippen LogP contribution >= 0.6 is 11.6 Å². The van der Waals surface area contributed by atoms with Crippen molar-refractivity contribution in [1.82, 2.24) is 4.90 Å². The third-order valence-corrected chi connectivity index (χ3v) is 7.59. The molecule has 0 aromatic heterocycles. The van der Waals surface area contributed by atoms with Gasteiger partial charge in [0.1, 0.15) is 5.82 Å². The van der Waals surface area contributed by atoms with Crippen molar-refractivity contribution in [3.05, 3.63) is 92.7 Å². The van der Waals surface area contributed by atoms with E-state index < -0.39 is 16.6 Å². The van der Waals surface area contributed by atoms with Crippen LogP contribution in [0.2, 0.25) is 5.02 Å². The first kappa shape index (κ1) is 27.4. The second kappa shape index (κ2) is 11.9. The second-order valence-electron chi connectivity index (χ2n) is 9.88. The molecule has 2 aliphatic heterocycles. The van der Waals surface area contributed by atoms with Crippen LogP contribution in [0.1, 0.15) is 40.0 Å². The van der Waals surface area contributed by atoms with E-state index in [1.54, 1.807) is 41.3 Å². The molecule has 0 spiro atoms. The highest BCUT2D eigenvalue weighted by atomic mass is 35.5. The molecule has 0 unspecified atom stereocenters. The molecule has 11 heteroatoms. The van der Waals surface area contributed by atoms with Crippen molar-refractivity contribution < 1.29 is 18.9 Å². The van der Waals surface area contributed by atoms with E-state index in [1.165, 1.54) is 24.3 Å². The lowest BCUT2D eigenvalue weighted by Gasteiger charge is -2.37. The number of rotatable bonds is 6. The largest absolute Gasteiger partial charge is 0.371 e. The molecule has 40 heavy (non-hydrogen) atoms. The van der Waals surface area contributed by atoms with Gasteiger partial charge in [-0.15, -0.1) is 0 Å². The number of piperazine rings is 1. The van der Waals surface area contributed by atoms with E-state index in [2.05, 4.69) is 10.2 Å². The maximum Gasteiger partial charge on any atom is 0.270 e. The van der Waals surface area contributed by atoms with Crippen molar-refractivity contribution in [3.8, 4) is 0 Å². The maximum absolute atomic E-state index is 14.2. The lowest BCUT2D eigenvalue weighted by molar-refractivity contribution is -0.384. The Labute approximate surface area is 236 Å². The summed E-state index contributed by atoms with van der Waals surface area (Å²) in [5.74, 6) is -1.39. The van der Waals surface area contributed by atoms with E-state index in [1.807, 2.05) is 4.90 Å². The fourth-order valence-electron chi connectivity index (χ4n) is 5.26. The number of anilines is 3. The van der Waals surface area contributed by atoms with Crippen LogP contribution in [-0.4, -0.2) is 60.9 Å². The fourth-order valence-corrected chi connectivity index (χ4v) is 5.43. The molecule has 2 saturated heterocycles. The summed E-state index contributed by atoms with van der Waals surface area (Å²) in [6, 6.07) is 15.5. The van der Waals surface area contributed by atoms with Gasteiger partial charge < -0.3 is 20.0 Å². The first-order chi connectivity index (χ1) is 19.3. The molecule has 1 N–H and O–H groups in total. The topological polar surface area (TPSA) is 99.0 Å². The molecule has 0 radical (unpaired) electrons. The summed E-state index contributed by atoms with van der Waals surface area (Å²) in [6.45, 7) is 3.20. The number of benzene rings is 3. The van der Waals surface area contributed by atoms with Gasteiger partial charge in [0.25, 0.3) is 17.5 Å². The van der Waals surface area contributed by atoms with Gasteiger partial charge in [0.2, 0.25) is 0 Å².